The van der Waals surface area contributed by atoms with Gasteiger partial charge in [-0.25, -0.2) is 0 Å². The Hall–Kier alpha value is -0.530. The van der Waals surface area contributed by atoms with Crippen molar-refractivity contribution in [1.82, 2.24) is 0 Å². The molecule has 1 nitrogen and oxygen atoms in total. The Morgan fingerprint density at radius 1 is 1.31 bits per heavy atom. The highest BCUT2D eigenvalue weighted by molar-refractivity contribution is 6.20. The Morgan fingerprint density at radius 3 is 3.06 bits per heavy atom. The second kappa shape index (κ2) is 4.05. The molecule has 0 bridgehead atoms. The highest BCUT2D eigenvalue weighted by Gasteiger charge is 2.41. The summed E-state index contributed by atoms with van der Waals surface area (Å²) in [5, 5.41) is 0.278. The van der Waals surface area contributed by atoms with E-state index in [2.05, 4.69) is 24.3 Å². The van der Waals surface area contributed by atoms with E-state index >= 15 is 0 Å². The first-order valence-corrected chi connectivity index (χ1v) is 6.60. The molecule has 1 aromatic rings. The summed E-state index contributed by atoms with van der Waals surface area (Å²) < 4.78 is 6.12. The van der Waals surface area contributed by atoms with Crippen molar-refractivity contribution >= 4 is 11.6 Å². The minimum absolute atomic E-state index is 0.0699. The van der Waals surface area contributed by atoms with Gasteiger partial charge >= 0.3 is 0 Å². The Morgan fingerprint density at radius 2 is 2.19 bits per heavy atom. The summed E-state index contributed by atoms with van der Waals surface area (Å²) >= 11 is 6.33. The van der Waals surface area contributed by atoms with Crippen molar-refractivity contribution in [2.24, 2.45) is 0 Å². The highest BCUT2D eigenvalue weighted by atomic mass is 35.5. The molecule has 0 saturated carbocycles. The van der Waals surface area contributed by atoms with Gasteiger partial charge in [-0.05, 0) is 43.2 Å². The fraction of sp³-hybridized carbons (Fsp3) is 0.571. The zero-order chi connectivity index (χ0) is 11.0. The van der Waals surface area contributed by atoms with Crippen LogP contribution in [0.25, 0.3) is 0 Å². The molecule has 16 heavy (non-hydrogen) atoms. The molecule has 0 aromatic heterocycles. The molecule has 1 aliphatic heterocycles. The summed E-state index contributed by atoms with van der Waals surface area (Å²) in [7, 11) is 0. The standard InChI is InChI=1S/C14H17ClO/c15-12-7-9-16-14(10-12)8-3-5-11-4-1-2-6-13(11)14/h1-2,4,6,12H,3,5,7-10H2. The summed E-state index contributed by atoms with van der Waals surface area (Å²) in [4.78, 5) is 0. The predicted molar refractivity (Wildman–Crippen MR) is 65.9 cm³/mol. The summed E-state index contributed by atoms with van der Waals surface area (Å²) in [6.07, 6.45) is 5.51. The fourth-order valence-electron chi connectivity index (χ4n) is 3.14. The number of ether oxygens (including phenoxy) is 1. The average Bonchev–Trinajstić information content (AvgIpc) is 2.30. The van der Waals surface area contributed by atoms with E-state index in [1.165, 1.54) is 24.0 Å². The van der Waals surface area contributed by atoms with Gasteiger partial charge in [0, 0.05) is 12.0 Å². The molecule has 1 aromatic carbocycles. The van der Waals surface area contributed by atoms with E-state index in [0.29, 0.717) is 0 Å². The third-order valence-corrected chi connectivity index (χ3v) is 4.27. The number of hydrogen-bond acceptors (Lipinski definition) is 1. The third kappa shape index (κ3) is 1.66. The summed E-state index contributed by atoms with van der Waals surface area (Å²) in [5.74, 6) is 0. The van der Waals surface area contributed by atoms with Crippen LogP contribution in [-0.2, 0) is 16.8 Å². The number of aryl methyl sites for hydroxylation is 1. The van der Waals surface area contributed by atoms with Crippen molar-refractivity contribution in [3.05, 3.63) is 35.4 Å². The molecule has 0 radical (unpaired) electrons. The van der Waals surface area contributed by atoms with Crippen LogP contribution in [0, 0.1) is 0 Å². The SMILES string of the molecule is ClC1CCOC2(CCCc3ccccc32)C1. The van der Waals surface area contributed by atoms with Crippen molar-refractivity contribution in [1.29, 1.82) is 0 Å². The van der Waals surface area contributed by atoms with Crippen LogP contribution in [0.4, 0.5) is 0 Å². The van der Waals surface area contributed by atoms with Crippen LogP contribution in [-0.4, -0.2) is 12.0 Å². The Bertz CT molecular complexity index is 390. The van der Waals surface area contributed by atoms with Gasteiger partial charge in [-0.2, -0.15) is 0 Å². The quantitative estimate of drug-likeness (QED) is 0.625. The molecule has 1 aliphatic carbocycles. The van der Waals surface area contributed by atoms with Crippen molar-refractivity contribution in [2.45, 2.75) is 43.1 Å². The van der Waals surface area contributed by atoms with E-state index < -0.39 is 0 Å². The lowest BCUT2D eigenvalue weighted by Crippen LogP contribution is -2.40. The first kappa shape index (κ1) is 10.6. The zero-order valence-corrected chi connectivity index (χ0v) is 10.2. The van der Waals surface area contributed by atoms with Crippen LogP contribution in [0.15, 0.2) is 24.3 Å². The topological polar surface area (TPSA) is 9.23 Å². The molecule has 1 saturated heterocycles. The number of halogens is 1. The van der Waals surface area contributed by atoms with Gasteiger partial charge in [-0.15, -0.1) is 11.6 Å². The van der Waals surface area contributed by atoms with E-state index in [4.69, 9.17) is 16.3 Å². The fourth-order valence-corrected chi connectivity index (χ4v) is 3.48. The van der Waals surface area contributed by atoms with Crippen LogP contribution in [0.2, 0.25) is 0 Å². The number of rotatable bonds is 0. The Labute approximate surface area is 102 Å². The maximum absolute atomic E-state index is 6.33. The van der Waals surface area contributed by atoms with Crippen LogP contribution >= 0.6 is 11.6 Å². The normalized spacial score (nSPS) is 33.7. The molecule has 2 heteroatoms. The summed E-state index contributed by atoms with van der Waals surface area (Å²) in [6, 6.07) is 8.70. The molecule has 1 spiro atoms. The minimum atomic E-state index is -0.0699. The van der Waals surface area contributed by atoms with Crippen LogP contribution in [0.5, 0.6) is 0 Å². The van der Waals surface area contributed by atoms with E-state index in [0.717, 1.165) is 25.9 Å². The lowest BCUT2D eigenvalue weighted by Gasteiger charge is -2.43. The maximum atomic E-state index is 6.33. The van der Waals surface area contributed by atoms with Gasteiger partial charge in [-0.3, -0.25) is 0 Å². The van der Waals surface area contributed by atoms with Gasteiger partial charge in [0.15, 0.2) is 0 Å². The molecule has 2 unspecified atom stereocenters. The van der Waals surface area contributed by atoms with Gasteiger partial charge in [0.05, 0.1) is 5.60 Å². The predicted octanol–water partition coefficient (Wildman–Crippen LogP) is 3.64. The average molecular weight is 237 g/mol. The smallest absolute Gasteiger partial charge is 0.0948 e. The van der Waals surface area contributed by atoms with E-state index in [1.807, 2.05) is 0 Å². The van der Waals surface area contributed by atoms with Crippen LogP contribution in [0.3, 0.4) is 0 Å². The molecular weight excluding hydrogens is 220 g/mol. The number of fused-ring (bicyclic) bond motifs is 2. The van der Waals surface area contributed by atoms with E-state index in [9.17, 15) is 0 Å². The second-order valence-electron chi connectivity index (χ2n) is 4.94. The molecule has 2 atom stereocenters. The number of alkyl halides is 1. The maximum Gasteiger partial charge on any atom is 0.0948 e. The van der Waals surface area contributed by atoms with Crippen molar-refractivity contribution in [3.8, 4) is 0 Å². The number of hydrogen-bond donors (Lipinski definition) is 0. The van der Waals surface area contributed by atoms with Gasteiger partial charge in [-0.1, -0.05) is 24.3 Å². The molecule has 2 aliphatic rings. The highest BCUT2D eigenvalue weighted by Crippen LogP contribution is 2.45. The molecule has 0 amide bonds. The molecule has 1 fully saturated rings. The number of benzene rings is 1. The zero-order valence-electron chi connectivity index (χ0n) is 9.42. The molecule has 3 rings (SSSR count). The Balaban J connectivity index is 2.02. The third-order valence-electron chi connectivity index (χ3n) is 3.90. The van der Waals surface area contributed by atoms with Crippen molar-refractivity contribution < 1.29 is 4.74 Å². The van der Waals surface area contributed by atoms with Crippen molar-refractivity contribution in [3.63, 3.8) is 0 Å². The molecule has 1 heterocycles. The summed E-state index contributed by atoms with van der Waals surface area (Å²) in [5.41, 5.74) is 2.78. The van der Waals surface area contributed by atoms with Gasteiger partial charge < -0.3 is 4.74 Å². The monoisotopic (exact) mass is 236 g/mol. The largest absolute Gasteiger partial charge is 0.370 e. The van der Waals surface area contributed by atoms with Crippen LogP contribution < -0.4 is 0 Å². The van der Waals surface area contributed by atoms with Crippen molar-refractivity contribution in [2.75, 3.05) is 6.61 Å². The van der Waals surface area contributed by atoms with Gasteiger partial charge in [0.2, 0.25) is 0 Å². The second-order valence-corrected chi connectivity index (χ2v) is 5.56. The summed E-state index contributed by atoms with van der Waals surface area (Å²) in [6.45, 7) is 0.808. The molecular formula is C14H17ClO. The van der Waals surface area contributed by atoms with Crippen LogP contribution in [0.1, 0.15) is 36.8 Å². The molecule has 0 N–H and O–H groups in total. The van der Waals surface area contributed by atoms with Gasteiger partial charge in [0.1, 0.15) is 0 Å². The first-order chi connectivity index (χ1) is 7.80. The van der Waals surface area contributed by atoms with E-state index in [-0.39, 0.29) is 11.0 Å². The molecule has 86 valence electrons. The lowest BCUT2D eigenvalue weighted by atomic mass is 9.75. The minimum Gasteiger partial charge on any atom is -0.370 e. The Kier molecular flexibility index (Phi) is 2.68. The first-order valence-electron chi connectivity index (χ1n) is 6.17. The lowest BCUT2D eigenvalue weighted by molar-refractivity contribution is -0.0928. The van der Waals surface area contributed by atoms with Gasteiger partial charge in [0.25, 0.3) is 0 Å². The van der Waals surface area contributed by atoms with E-state index in [1.54, 1.807) is 0 Å².